The minimum absolute atomic E-state index is 0.178. The zero-order valence-electron chi connectivity index (χ0n) is 17.0. The summed E-state index contributed by atoms with van der Waals surface area (Å²) in [7, 11) is -3.48. The molecule has 1 aromatic heterocycles. The van der Waals surface area contributed by atoms with Crippen molar-refractivity contribution in [2.24, 2.45) is 0 Å². The Bertz CT molecular complexity index is 1140. The van der Waals surface area contributed by atoms with Crippen LogP contribution in [0.4, 0.5) is 10.8 Å². The molecule has 0 bridgehead atoms. The highest BCUT2D eigenvalue weighted by atomic mass is 32.2. The summed E-state index contributed by atoms with van der Waals surface area (Å²) in [6, 6.07) is 12.5. The number of anilines is 2. The second kappa shape index (κ2) is 9.15. The number of thioether (sulfide) groups is 1. The van der Waals surface area contributed by atoms with Crippen molar-refractivity contribution < 1.29 is 13.2 Å². The Morgan fingerprint density at radius 2 is 1.73 bits per heavy atom. The lowest BCUT2D eigenvalue weighted by atomic mass is 10.1. The van der Waals surface area contributed by atoms with E-state index in [2.05, 4.69) is 15.5 Å². The number of hydrogen-bond acceptors (Lipinski definition) is 7. The van der Waals surface area contributed by atoms with Gasteiger partial charge in [-0.2, -0.15) is 0 Å². The SMILES string of the molecule is CSc1nnc(NC(=O)c2ccc(CN(c3cc(C)cc(C)c3)S(C)(=O)=O)cc2)s1. The molecular formula is C20H22N4O3S3. The zero-order chi connectivity index (χ0) is 21.9. The summed E-state index contributed by atoms with van der Waals surface area (Å²) in [6.07, 6.45) is 3.08. The number of nitrogens with zero attached hydrogens (tertiary/aromatic N) is 3. The van der Waals surface area contributed by atoms with Crippen LogP contribution in [-0.2, 0) is 16.6 Å². The summed E-state index contributed by atoms with van der Waals surface area (Å²) >= 11 is 2.77. The van der Waals surface area contributed by atoms with E-state index in [1.807, 2.05) is 38.3 Å². The van der Waals surface area contributed by atoms with Gasteiger partial charge in [-0.3, -0.25) is 14.4 Å². The highest BCUT2D eigenvalue weighted by molar-refractivity contribution is 8.00. The molecule has 3 aromatic rings. The maximum atomic E-state index is 12.4. The first-order valence-corrected chi connectivity index (χ1v) is 12.9. The monoisotopic (exact) mass is 462 g/mol. The molecule has 0 aliphatic carbocycles. The van der Waals surface area contributed by atoms with Crippen LogP contribution in [0, 0.1) is 13.8 Å². The van der Waals surface area contributed by atoms with Crippen LogP contribution >= 0.6 is 23.1 Å². The fourth-order valence-corrected chi connectivity index (χ4v) is 4.97. The van der Waals surface area contributed by atoms with E-state index >= 15 is 0 Å². The number of aromatic nitrogens is 2. The van der Waals surface area contributed by atoms with Crippen LogP contribution in [0.25, 0.3) is 0 Å². The molecule has 7 nitrogen and oxygen atoms in total. The van der Waals surface area contributed by atoms with Gasteiger partial charge in [-0.1, -0.05) is 41.3 Å². The van der Waals surface area contributed by atoms with Gasteiger partial charge in [-0.05, 0) is 61.1 Å². The van der Waals surface area contributed by atoms with E-state index in [9.17, 15) is 13.2 Å². The molecule has 0 aliphatic rings. The number of amides is 1. The molecule has 0 radical (unpaired) electrons. The van der Waals surface area contributed by atoms with E-state index < -0.39 is 10.0 Å². The third-order valence-corrected chi connectivity index (χ3v) is 7.19. The summed E-state index contributed by atoms with van der Waals surface area (Å²) in [5, 5.41) is 11.0. The van der Waals surface area contributed by atoms with E-state index in [4.69, 9.17) is 0 Å². The van der Waals surface area contributed by atoms with E-state index in [1.165, 1.54) is 33.7 Å². The van der Waals surface area contributed by atoms with E-state index in [1.54, 1.807) is 24.3 Å². The van der Waals surface area contributed by atoms with Gasteiger partial charge in [0.05, 0.1) is 18.5 Å². The van der Waals surface area contributed by atoms with Crippen LogP contribution in [0.15, 0.2) is 46.8 Å². The van der Waals surface area contributed by atoms with Gasteiger partial charge in [0, 0.05) is 5.56 Å². The van der Waals surface area contributed by atoms with Crippen molar-refractivity contribution in [1.29, 1.82) is 0 Å². The average molecular weight is 463 g/mol. The molecule has 3 rings (SSSR count). The first-order chi connectivity index (χ1) is 14.2. The molecule has 1 amide bonds. The van der Waals surface area contributed by atoms with Crippen LogP contribution in [0.2, 0.25) is 0 Å². The molecule has 0 fully saturated rings. The lowest BCUT2D eigenvalue weighted by Crippen LogP contribution is -2.29. The number of hydrogen-bond donors (Lipinski definition) is 1. The number of aryl methyl sites for hydroxylation is 2. The Labute approximate surface area is 184 Å². The molecule has 0 saturated carbocycles. The quantitative estimate of drug-likeness (QED) is 0.420. The fourth-order valence-electron chi connectivity index (χ4n) is 2.93. The van der Waals surface area contributed by atoms with Crippen LogP contribution < -0.4 is 9.62 Å². The molecule has 30 heavy (non-hydrogen) atoms. The normalized spacial score (nSPS) is 11.3. The molecule has 2 aromatic carbocycles. The summed E-state index contributed by atoms with van der Waals surface area (Å²) in [4.78, 5) is 12.4. The van der Waals surface area contributed by atoms with Crippen molar-refractivity contribution in [2.45, 2.75) is 24.7 Å². The number of carbonyl (C=O) groups is 1. The minimum atomic E-state index is -3.48. The fraction of sp³-hybridized carbons (Fsp3) is 0.250. The van der Waals surface area contributed by atoms with Gasteiger partial charge < -0.3 is 0 Å². The van der Waals surface area contributed by atoms with Gasteiger partial charge in [-0.25, -0.2) is 8.42 Å². The second-order valence-corrected chi connectivity index (χ2v) is 10.8. The van der Waals surface area contributed by atoms with Crippen molar-refractivity contribution in [1.82, 2.24) is 10.2 Å². The highest BCUT2D eigenvalue weighted by Crippen LogP contribution is 2.25. The van der Waals surface area contributed by atoms with Crippen LogP contribution in [0.5, 0.6) is 0 Å². The van der Waals surface area contributed by atoms with Crippen molar-refractivity contribution >= 4 is 49.8 Å². The minimum Gasteiger partial charge on any atom is -0.296 e. The van der Waals surface area contributed by atoms with Gasteiger partial charge in [0.15, 0.2) is 4.34 Å². The van der Waals surface area contributed by atoms with Crippen LogP contribution in [-0.4, -0.2) is 37.0 Å². The first-order valence-electron chi connectivity index (χ1n) is 8.99. The zero-order valence-corrected chi connectivity index (χ0v) is 19.5. The first kappa shape index (κ1) is 22.3. The molecule has 158 valence electrons. The molecular weight excluding hydrogens is 440 g/mol. The predicted molar refractivity (Wildman–Crippen MR) is 123 cm³/mol. The van der Waals surface area contributed by atoms with Crippen molar-refractivity contribution in [3.63, 3.8) is 0 Å². The van der Waals surface area contributed by atoms with Gasteiger partial charge in [0.1, 0.15) is 0 Å². The number of sulfonamides is 1. The maximum Gasteiger partial charge on any atom is 0.257 e. The third-order valence-electron chi connectivity index (χ3n) is 4.24. The molecule has 0 spiro atoms. The smallest absolute Gasteiger partial charge is 0.257 e. The van der Waals surface area contributed by atoms with Gasteiger partial charge in [-0.15, -0.1) is 10.2 Å². The number of nitrogens with one attached hydrogen (secondary N) is 1. The molecule has 10 heteroatoms. The predicted octanol–water partition coefficient (Wildman–Crippen LogP) is 4.10. The molecule has 0 aliphatic heterocycles. The highest BCUT2D eigenvalue weighted by Gasteiger charge is 2.19. The Kier molecular flexibility index (Phi) is 6.79. The number of rotatable bonds is 7. The third kappa shape index (κ3) is 5.59. The average Bonchev–Trinajstić information content (AvgIpc) is 3.12. The summed E-state index contributed by atoms with van der Waals surface area (Å²) in [6.45, 7) is 4.05. The molecule has 1 N–H and O–H groups in total. The topological polar surface area (TPSA) is 92.3 Å². The number of benzene rings is 2. The standard InChI is InChI=1S/C20H22N4O3S3/c1-13-9-14(2)11-17(10-13)24(30(4,26)27)12-15-5-7-16(8-6-15)18(25)21-19-22-23-20(28-3)29-19/h5-11H,12H2,1-4H3,(H,21,22,25). The van der Waals surface area contributed by atoms with E-state index in [-0.39, 0.29) is 12.5 Å². The summed E-state index contributed by atoms with van der Waals surface area (Å²) in [5.74, 6) is -0.292. The second-order valence-electron chi connectivity index (χ2n) is 6.84. The molecule has 0 atom stereocenters. The Morgan fingerprint density at radius 3 is 2.27 bits per heavy atom. The molecule has 0 saturated heterocycles. The molecule has 0 unspecified atom stereocenters. The Morgan fingerprint density at radius 1 is 1.10 bits per heavy atom. The van der Waals surface area contributed by atoms with E-state index in [0.29, 0.717) is 16.4 Å². The lowest BCUT2D eigenvalue weighted by molar-refractivity contribution is 0.102. The molecule has 1 heterocycles. The maximum absolute atomic E-state index is 12.4. The van der Waals surface area contributed by atoms with Crippen molar-refractivity contribution in [2.75, 3.05) is 22.1 Å². The van der Waals surface area contributed by atoms with Crippen molar-refractivity contribution in [3.8, 4) is 0 Å². The Hall–Kier alpha value is -2.43. The Balaban J connectivity index is 1.77. The van der Waals surface area contributed by atoms with Gasteiger partial charge in [0.2, 0.25) is 15.2 Å². The largest absolute Gasteiger partial charge is 0.296 e. The van der Waals surface area contributed by atoms with Gasteiger partial charge in [0.25, 0.3) is 5.91 Å². The lowest BCUT2D eigenvalue weighted by Gasteiger charge is -2.23. The summed E-state index contributed by atoms with van der Waals surface area (Å²) in [5.41, 5.74) is 3.84. The van der Waals surface area contributed by atoms with Gasteiger partial charge >= 0.3 is 0 Å². The van der Waals surface area contributed by atoms with Crippen LogP contribution in [0.3, 0.4) is 0 Å². The summed E-state index contributed by atoms with van der Waals surface area (Å²) < 4.78 is 27.0. The van der Waals surface area contributed by atoms with E-state index in [0.717, 1.165) is 21.0 Å². The number of carbonyl (C=O) groups excluding carboxylic acids is 1. The van der Waals surface area contributed by atoms with Crippen LogP contribution in [0.1, 0.15) is 27.0 Å². The van der Waals surface area contributed by atoms with Crippen molar-refractivity contribution in [3.05, 3.63) is 64.7 Å².